The summed E-state index contributed by atoms with van der Waals surface area (Å²) in [5.41, 5.74) is 1.33. The highest BCUT2D eigenvalue weighted by Gasteiger charge is 2.07. The van der Waals surface area contributed by atoms with E-state index in [1.807, 2.05) is 20.8 Å². The van der Waals surface area contributed by atoms with Gasteiger partial charge in [0.05, 0.1) is 12.5 Å². The van der Waals surface area contributed by atoms with Gasteiger partial charge in [-0.2, -0.15) is 0 Å². The van der Waals surface area contributed by atoms with Crippen LogP contribution < -0.4 is 0 Å². The van der Waals surface area contributed by atoms with Crippen LogP contribution in [0.1, 0.15) is 67.7 Å². The van der Waals surface area contributed by atoms with Gasteiger partial charge >= 0.3 is 5.97 Å². The minimum atomic E-state index is -0.0920. The number of allylic oxidation sites excluding steroid dienone is 2. The molecule has 0 aliphatic heterocycles. The molecule has 1 unspecified atom stereocenters. The third-order valence-electron chi connectivity index (χ3n) is 2.82. The highest BCUT2D eigenvalue weighted by Crippen LogP contribution is 2.04. The van der Waals surface area contributed by atoms with Crippen molar-refractivity contribution in [3.8, 4) is 0 Å². The quantitative estimate of drug-likeness (QED) is 0.367. The van der Waals surface area contributed by atoms with E-state index in [0.717, 1.165) is 25.5 Å². The monoisotopic (exact) mass is 298 g/mol. The maximum Gasteiger partial charge on any atom is 0.308 e. The van der Waals surface area contributed by atoms with Crippen LogP contribution >= 0.6 is 0 Å². The number of carbonyl (C=O) groups is 2. The van der Waals surface area contributed by atoms with Gasteiger partial charge in [0.15, 0.2) is 0 Å². The lowest BCUT2D eigenvalue weighted by molar-refractivity contribution is -0.147. The van der Waals surface area contributed by atoms with Gasteiger partial charge in [0.1, 0.15) is 6.29 Å². The van der Waals surface area contributed by atoms with Crippen molar-refractivity contribution < 1.29 is 14.3 Å². The molecular formula is C18H34O3. The van der Waals surface area contributed by atoms with Crippen LogP contribution in [0.15, 0.2) is 11.6 Å². The second-order valence-corrected chi connectivity index (χ2v) is 6.48. The molecule has 0 bridgehead atoms. The number of hydrogen-bond acceptors (Lipinski definition) is 3. The molecular weight excluding hydrogens is 264 g/mol. The fraction of sp³-hybridized carbons (Fsp3) is 0.778. The first kappa shape index (κ1) is 22.2. The second kappa shape index (κ2) is 13.8. The van der Waals surface area contributed by atoms with Crippen LogP contribution in [0.4, 0.5) is 0 Å². The lowest BCUT2D eigenvalue weighted by Gasteiger charge is -2.07. The summed E-state index contributed by atoms with van der Waals surface area (Å²) in [5.74, 6) is 0.735. The van der Waals surface area contributed by atoms with E-state index in [4.69, 9.17) is 4.74 Å². The van der Waals surface area contributed by atoms with E-state index in [0.29, 0.717) is 12.5 Å². The van der Waals surface area contributed by atoms with Gasteiger partial charge in [-0.3, -0.25) is 4.79 Å². The summed E-state index contributed by atoms with van der Waals surface area (Å²) in [7, 11) is 0. The van der Waals surface area contributed by atoms with Crippen LogP contribution in [-0.2, 0) is 14.3 Å². The number of ether oxygens (including phenoxy) is 1. The summed E-state index contributed by atoms with van der Waals surface area (Å²) in [6.07, 6.45) is 6.15. The minimum Gasteiger partial charge on any atom is -0.465 e. The summed E-state index contributed by atoms with van der Waals surface area (Å²) < 4.78 is 4.98. The first-order chi connectivity index (χ1) is 9.70. The first-order valence-electron chi connectivity index (χ1n) is 7.95. The van der Waals surface area contributed by atoms with Crippen molar-refractivity contribution in [2.45, 2.75) is 67.7 Å². The molecule has 0 aliphatic rings. The van der Waals surface area contributed by atoms with Crippen molar-refractivity contribution in [2.24, 2.45) is 17.8 Å². The van der Waals surface area contributed by atoms with Gasteiger partial charge in [-0.05, 0) is 39.0 Å². The molecule has 0 aromatic carbocycles. The predicted molar refractivity (Wildman–Crippen MR) is 89.1 cm³/mol. The third-order valence-corrected chi connectivity index (χ3v) is 2.82. The van der Waals surface area contributed by atoms with Gasteiger partial charge in [-0.1, -0.05) is 46.3 Å². The number of rotatable bonds is 8. The molecule has 0 rings (SSSR count). The summed E-state index contributed by atoms with van der Waals surface area (Å²) in [6.45, 7) is 14.6. The van der Waals surface area contributed by atoms with E-state index in [9.17, 15) is 9.59 Å². The molecule has 3 heteroatoms. The molecule has 0 amide bonds. The van der Waals surface area contributed by atoms with Gasteiger partial charge < -0.3 is 9.53 Å². The van der Waals surface area contributed by atoms with Gasteiger partial charge in [0, 0.05) is 5.92 Å². The topological polar surface area (TPSA) is 43.4 Å². The van der Waals surface area contributed by atoms with Crippen molar-refractivity contribution in [1.29, 1.82) is 0 Å². The molecule has 0 fully saturated rings. The zero-order valence-corrected chi connectivity index (χ0v) is 14.9. The smallest absolute Gasteiger partial charge is 0.308 e. The van der Waals surface area contributed by atoms with Crippen LogP contribution in [0.2, 0.25) is 0 Å². The van der Waals surface area contributed by atoms with Gasteiger partial charge in [0.25, 0.3) is 0 Å². The Labute approximate surface area is 131 Å². The molecule has 3 nitrogen and oxygen atoms in total. The molecule has 0 N–H and O–H groups in total. The summed E-state index contributed by atoms with van der Waals surface area (Å²) in [5, 5.41) is 0. The van der Waals surface area contributed by atoms with Crippen molar-refractivity contribution in [2.75, 3.05) is 6.61 Å². The average Bonchev–Trinajstić information content (AvgIpc) is 2.38. The molecule has 0 saturated carbocycles. The highest BCUT2D eigenvalue weighted by molar-refractivity contribution is 5.71. The molecule has 1 atom stereocenters. The zero-order chi connectivity index (χ0) is 16.8. The summed E-state index contributed by atoms with van der Waals surface area (Å²) in [6, 6.07) is 0. The van der Waals surface area contributed by atoms with E-state index >= 15 is 0 Å². The normalized spacial score (nSPS) is 11.5. The largest absolute Gasteiger partial charge is 0.465 e. The van der Waals surface area contributed by atoms with E-state index in [2.05, 4.69) is 33.8 Å². The van der Waals surface area contributed by atoms with Gasteiger partial charge in [0.2, 0.25) is 0 Å². The van der Waals surface area contributed by atoms with Crippen LogP contribution in [0, 0.1) is 17.8 Å². The molecule has 0 spiro atoms. The minimum absolute atomic E-state index is 0.00200. The Morgan fingerprint density at radius 3 is 2.00 bits per heavy atom. The van der Waals surface area contributed by atoms with E-state index in [1.165, 1.54) is 5.57 Å². The second-order valence-electron chi connectivity index (χ2n) is 6.48. The van der Waals surface area contributed by atoms with Crippen molar-refractivity contribution >= 4 is 12.3 Å². The van der Waals surface area contributed by atoms with Crippen molar-refractivity contribution in [3.63, 3.8) is 0 Å². The van der Waals surface area contributed by atoms with E-state index < -0.39 is 0 Å². The van der Waals surface area contributed by atoms with E-state index in [-0.39, 0.29) is 17.8 Å². The number of hydrogen-bond donors (Lipinski definition) is 0. The number of carbonyl (C=O) groups excluding carboxylic acids is 2. The Kier molecular flexibility index (Phi) is 14.6. The number of aldehydes is 1. The Balaban J connectivity index is 0. The SMILES string of the molecule is CC(C)=CCCC(C)C=O.CC(C)CCOC(=O)C(C)C. The average molecular weight is 298 g/mol. The van der Waals surface area contributed by atoms with Crippen molar-refractivity contribution in [1.82, 2.24) is 0 Å². The molecule has 0 saturated heterocycles. The first-order valence-corrected chi connectivity index (χ1v) is 7.95. The van der Waals surface area contributed by atoms with Gasteiger partial charge in [-0.15, -0.1) is 0 Å². The molecule has 0 radical (unpaired) electrons. The molecule has 21 heavy (non-hydrogen) atoms. The van der Waals surface area contributed by atoms with Gasteiger partial charge in [-0.25, -0.2) is 0 Å². The lowest BCUT2D eigenvalue weighted by Crippen LogP contribution is -2.13. The van der Waals surface area contributed by atoms with Crippen LogP contribution in [0.5, 0.6) is 0 Å². The highest BCUT2D eigenvalue weighted by atomic mass is 16.5. The Morgan fingerprint density at radius 2 is 1.62 bits per heavy atom. The fourth-order valence-electron chi connectivity index (χ4n) is 1.26. The predicted octanol–water partition coefficient (Wildman–Crippen LogP) is 4.80. The van der Waals surface area contributed by atoms with Crippen molar-refractivity contribution in [3.05, 3.63) is 11.6 Å². The summed E-state index contributed by atoms with van der Waals surface area (Å²) >= 11 is 0. The Bertz CT molecular complexity index is 300. The Hall–Kier alpha value is -1.12. The van der Waals surface area contributed by atoms with Crippen LogP contribution in [0.25, 0.3) is 0 Å². The molecule has 0 aromatic heterocycles. The fourth-order valence-corrected chi connectivity index (χ4v) is 1.26. The third kappa shape index (κ3) is 18.9. The maximum absolute atomic E-state index is 10.9. The lowest BCUT2D eigenvalue weighted by atomic mass is 10.1. The van der Waals surface area contributed by atoms with E-state index in [1.54, 1.807) is 0 Å². The molecule has 0 aromatic rings. The Morgan fingerprint density at radius 1 is 1.05 bits per heavy atom. The summed E-state index contributed by atoms with van der Waals surface area (Å²) in [4.78, 5) is 21.1. The molecule has 0 heterocycles. The van der Waals surface area contributed by atoms with Crippen LogP contribution in [-0.4, -0.2) is 18.9 Å². The maximum atomic E-state index is 10.9. The molecule has 124 valence electrons. The standard InChI is InChI=1S/C9H18O2.C9H16O/c1-7(2)5-6-11-9(10)8(3)4;1-8(2)5-4-6-9(3)7-10/h7-8H,5-6H2,1-4H3;5,7,9H,4,6H2,1-3H3. The zero-order valence-electron chi connectivity index (χ0n) is 14.9. The van der Waals surface area contributed by atoms with Crippen LogP contribution in [0.3, 0.4) is 0 Å². The molecule has 0 aliphatic carbocycles. The number of esters is 1.